The van der Waals surface area contributed by atoms with E-state index >= 15 is 0 Å². The molecule has 0 aliphatic carbocycles. The Bertz CT molecular complexity index is 220. The molecule has 0 atom stereocenters. The fraction of sp³-hybridized carbons (Fsp3) is 1.00. The van der Waals surface area contributed by atoms with E-state index in [0.717, 1.165) is 6.04 Å². The van der Waals surface area contributed by atoms with Crippen molar-refractivity contribution in [2.45, 2.75) is 168 Å². The normalized spacial score (nSPS) is 11.6. The summed E-state index contributed by atoms with van der Waals surface area (Å²) >= 11 is 0. The average Bonchev–Trinajstić information content (AvgIpc) is 2.71. The fourth-order valence-electron chi connectivity index (χ4n) is 4.26. The van der Waals surface area contributed by atoms with Gasteiger partial charge in [0.15, 0.2) is 0 Å². The Kier molecular flexibility index (Phi) is 25.0. The Morgan fingerprint density at radius 1 is 0.393 bits per heavy atom. The Balaban J connectivity index is 3.80. The molecule has 0 aliphatic rings. The molecule has 0 saturated heterocycles. The summed E-state index contributed by atoms with van der Waals surface area (Å²) in [5, 5.41) is 3.93. The predicted molar refractivity (Wildman–Crippen MR) is 130 cm³/mol. The maximum atomic E-state index is 3.93. The van der Waals surface area contributed by atoms with Crippen molar-refractivity contribution >= 4 is 0 Å². The topological polar surface area (TPSA) is 12.0 Å². The van der Waals surface area contributed by atoms with E-state index in [0.29, 0.717) is 0 Å². The van der Waals surface area contributed by atoms with Crippen LogP contribution in [0.4, 0.5) is 0 Å². The van der Waals surface area contributed by atoms with E-state index in [2.05, 4.69) is 26.1 Å². The van der Waals surface area contributed by atoms with Gasteiger partial charge in [0.25, 0.3) is 0 Å². The lowest BCUT2D eigenvalue weighted by atomic mass is 9.99. The summed E-state index contributed by atoms with van der Waals surface area (Å²) in [5.74, 6) is 0. The molecule has 0 amide bonds. The summed E-state index contributed by atoms with van der Waals surface area (Å²) in [4.78, 5) is 0. The van der Waals surface area contributed by atoms with Gasteiger partial charge < -0.3 is 5.32 Å². The van der Waals surface area contributed by atoms with Gasteiger partial charge in [0.2, 0.25) is 0 Å². The van der Waals surface area contributed by atoms with Crippen LogP contribution in [0.1, 0.15) is 162 Å². The number of hydrogen-bond acceptors (Lipinski definition) is 1. The quantitative estimate of drug-likeness (QED) is 0.160. The highest BCUT2D eigenvalue weighted by Crippen LogP contribution is 2.15. The average molecular weight is 396 g/mol. The van der Waals surface area contributed by atoms with Crippen molar-refractivity contribution in [2.75, 3.05) is 6.54 Å². The van der Waals surface area contributed by atoms with Gasteiger partial charge in [0.1, 0.15) is 0 Å². The molecule has 28 heavy (non-hydrogen) atoms. The Morgan fingerprint density at radius 3 is 1.11 bits per heavy atom. The smallest absolute Gasteiger partial charge is 0.00670 e. The number of nitrogens with one attached hydrogen (secondary N) is 1. The molecule has 1 nitrogen and oxygen atoms in total. The summed E-state index contributed by atoms with van der Waals surface area (Å²) in [6.45, 7) is 8.18. The zero-order valence-electron chi connectivity index (χ0n) is 20.3. The minimum absolute atomic E-state index is 0.793. The predicted octanol–water partition coefficient (Wildman–Crippen LogP) is 9.59. The molecule has 1 heteroatoms. The molecule has 0 aromatic carbocycles. The Labute approximate surface area is 180 Å². The molecule has 170 valence electrons. The number of hydrogen-bond donors (Lipinski definition) is 1. The first-order chi connectivity index (χ1) is 13.8. The van der Waals surface area contributed by atoms with E-state index < -0.39 is 0 Å². The molecular formula is C27H57N. The minimum Gasteiger partial charge on any atom is -0.314 e. The number of unbranched alkanes of at least 4 members (excludes halogenated alkanes) is 17. The standard InChI is InChI=1S/C27H57N/c1-4-7-10-13-16-18-21-24-27(25-22-19-17-14-11-8-5-2)28-26-23-20-15-12-9-6-3/h27-28H,4-26H2,1-3H3. The van der Waals surface area contributed by atoms with Crippen molar-refractivity contribution in [3.63, 3.8) is 0 Å². The van der Waals surface area contributed by atoms with E-state index in [1.165, 1.54) is 148 Å². The van der Waals surface area contributed by atoms with E-state index in [-0.39, 0.29) is 0 Å². The molecular weight excluding hydrogens is 338 g/mol. The number of rotatable bonds is 24. The third-order valence-corrected chi connectivity index (χ3v) is 6.28. The van der Waals surface area contributed by atoms with Crippen LogP contribution in [-0.2, 0) is 0 Å². The van der Waals surface area contributed by atoms with E-state index in [1.807, 2.05) is 0 Å². The first-order valence-corrected chi connectivity index (χ1v) is 13.6. The van der Waals surface area contributed by atoms with Crippen LogP contribution in [0.25, 0.3) is 0 Å². The minimum atomic E-state index is 0.793. The van der Waals surface area contributed by atoms with Crippen LogP contribution in [0.3, 0.4) is 0 Å². The van der Waals surface area contributed by atoms with Gasteiger partial charge in [0.05, 0.1) is 0 Å². The van der Waals surface area contributed by atoms with E-state index in [9.17, 15) is 0 Å². The van der Waals surface area contributed by atoms with Crippen LogP contribution >= 0.6 is 0 Å². The molecule has 0 unspecified atom stereocenters. The molecule has 0 rings (SSSR count). The molecule has 1 N–H and O–H groups in total. The second-order valence-corrected chi connectivity index (χ2v) is 9.24. The van der Waals surface area contributed by atoms with Gasteiger partial charge >= 0.3 is 0 Å². The summed E-state index contributed by atoms with van der Waals surface area (Å²) in [6.07, 6.45) is 31.4. The van der Waals surface area contributed by atoms with Crippen LogP contribution in [0, 0.1) is 0 Å². The van der Waals surface area contributed by atoms with Gasteiger partial charge in [-0.15, -0.1) is 0 Å². The van der Waals surface area contributed by atoms with E-state index in [4.69, 9.17) is 0 Å². The highest BCUT2D eigenvalue weighted by atomic mass is 14.9. The molecule has 0 radical (unpaired) electrons. The highest BCUT2D eigenvalue weighted by Gasteiger charge is 2.07. The molecule has 0 aliphatic heterocycles. The van der Waals surface area contributed by atoms with Crippen LogP contribution in [0.5, 0.6) is 0 Å². The second-order valence-electron chi connectivity index (χ2n) is 9.24. The monoisotopic (exact) mass is 395 g/mol. The Morgan fingerprint density at radius 2 is 0.714 bits per heavy atom. The van der Waals surface area contributed by atoms with Crippen molar-refractivity contribution in [2.24, 2.45) is 0 Å². The third kappa shape index (κ3) is 22.3. The first kappa shape index (κ1) is 28.0. The molecule has 0 spiro atoms. The van der Waals surface area contributed by atoms with Crippen LogP contribution < -0.4 is 5.32 Å². The largest absolute Gasteiger partial charge is 0.314 e. The van der Waals surface area contributed by atoms with Gasteiger partial charge in [-0.25, -0.2) is 0 Å². The van der Waals surface area contributed by atoms with Crippen molar-refractivity contribution in [3.8, 4) is 0 Å². The van der Waals surface area contributed by atoms with Crippen LogP contribution in [0.2, 0.25) is 0 Å². The zero-order valence-corrected chi connectivity index (χ0v) is 20.3. The van der Waals surface area contributed by atoms with Crippen molar-refractivity contribution < 1.29 is 0 Å². The lowest BCUT2D eigenvalue weighted by Gasteiger charge is -2.19. The second kappa shape index (κ2) is 25.0. The van der Waals surface area contributed by atoms with E-state index in [1.54, 1.807) is 0 Å². The van der Waals surface area contributed by atoms with Gasteiger partial charge in [-0.05, 0) is 25.8 Å². The maximum absolute atomic E-state index is 3.93. The summed E-state index contributed by atoms with van der Waals surface area (Å²) in [5.41, 5.74) is 0. The molecule has 0 fully saturated rings. The van der Waals surface area contributed by atoms with Crippen LogP contribution in [0.15, 0.2) is 0 Å². The van der Waals surface area contributed by atoms with Gasteiger partial charge in [-0.1, -0.05) is 143 Å². The summed E-state index contributed by atoms with van der Waals surface area (Å²) in [7, 11) is 0. The van der Waals surface area contributed by atoms with Crippen LogP contribution in [-0.4, -0.2) is 12.6 Å². The molecule has 0 aromatic heterocycles. The first-order valence-electron chi connectivity index (χ1n) is 13.6. The Hall–Kier alpha value is -0.0400. The van der Waals surface area contributed by atoms with Crippen molar-refractivity contribution in [1.29, 1.82) is 0 Å². The SMILES string of the molecule is CCCCCCCCCC(CCCCCCCCC)NCCCCCCCC. The molecule has 0 bridgehead atoms. The third-order valence-electron chi connectivity index (χ3n) is 6.28. The lowest BCUT2D eigenvalue weighted by Crippen LogP contribution is -2.30. The molecule has 0 heterocycles. The fourth-order valence-corrected chi connectivity index (χ4v) is 4.26. The van der Waals surface area contributed by atoms with Gasteiger partial charge in [0, 0.05) is 6.04 Å². The summed E-state index contributed by atoms with van der Waals surface area (Å²) < 4.78 is 0. The van der Waals surface area contributed by atoms with Crippen molar-refractivity contribution in [3.05, 3.63) is 0 Å². The van der Waals surface area contributed by atoms with Crippen molar-refractivity contribution in [1.82, 2.24) is 5.32 Å². The lowest BCUT2D eigenvalue weighted by molar-refractivity contribution is 0.405. The van der Waals surface area contributed by atoms with Gasteiger partial charge in [-0.2, -0.15) is 0 Å². The maximum Gasteiger partial charge on any atom is 0.00670 e. The summed E-state index contributed by atoms with van der Waals surface area (Å²) in [6, 6.07) is 0.793. The highest BCUT2D eigenvalue weighted by molar-refractivity contribution is 4.68. The molecule has 0 saturated carbocycles. The zero-order chi connectivity index (χ0) is 20.5. The molecule has 0 aromatic rings. The van der Waals surface area contributed by atoms with Gasteiger partial charge in [-0.3, -0.25) is 0 Å².